The average Bonchev–Trinajstić information content (AvgIpc) is 1.83. The minimum Gasteiger partial charge on any atom is -0.395 e. The van der Waals surface area contributed by atoms with Crippen LogP contribution in [0.25, 0.3) is 0 Å². The maximum atomic E-state index is 8.74. The SMILES string of the molecule is CC(C(N)CO)C(C)(C)C. The Morgan fingerprint density at radius 2 is 1.80 bits per heavy atom. The summed E-state index contributed by atoms with van der Waals surface area (Å²) in [6.07, 6.45) is 0. The molecule has 2 heteroatoms. The van der Waals surface area contributed by atoms with Gasteiger partial charge in [-0.15, -0.1) is 0 Å². The van der Waals surface area contributed by atoms with E-state index >= 15 is 0 Å². The predicted octanol–water partition coefficient (Wildman–Crippen LogP) is 0.988. The van der Waals surface area contributed by atoms with Crippen molar-refractivity contribution in [3.8, 4) is 0 Å². The van der Waals surface area contributed by atoms with Crippen LogP contribution in [0.3, 0.4) is 0 Å². The van der Waals surface area contributed by atoms with E-state index in [1.807, 2.05) is 0 Å². The summed E-state index contributed by atoms with van der Waals surface area (Å²) in [6.45, 7) is 8.55. The van der Waals surface area contributed by atoms with Crippen molar-refractivity contribution >= 4 is 0 Å². The molecule has 0 aromatic carbocycles. The highest BCUT2D eigenvalue weighted by molar-refractivity contribution is 4.78. The van der Waals surface area contributed by atoms with Gasteiger partial charge in [0.1, 0.15) is 0 Å². The molecule has 0 aliphatic heterocycles. The lowest BCUT2D eigenvalue weighted by Gasteiger charge is -2.31. The van der Waals surface area contributed by atoms with Crippen molar-refractivity contribution < 1.29 is 5.11 Å². The Kier molecular flexibility index (Phi) is 3.33. The molecule has 10 heavy (non-hydrogen) atoms. The fourth-order valence-electron chi connectivity index (χ4n) is 0.800. The van der Waals surface area contributed by atoms with Crippen molar-refractivity contribution in [1.82, 2.24) is 0 Å². The summed E-state index contributed by atoms with van der Waals surface area (Å²) in [5, 5.41) is 8.74. The minimum atomic E-state index is -0.0833. The summed E-state index contributed by atoms with van der Waals surface area (Å²) in [6, 6.07) is -0.0833. The van der Waals surface area contributed by atoms with Crippen molar-refractivity contribution in [2.75, 3.05) is 6.61 Å². The van der Waals surface area contributed by atoms with Gasteiger partial charge in [-0.25, -0.2) is 0 Å². The van der Waals surface area contributed by atoms with Crippen molar-refractivity contribution in [2.45, 2.75) is 33.7 Å². The lowest BCUT2D eigenvalue weighted by Crippen LogP contribution is -2.38. The van der Waals surface area contributed by atoms with E-state index in [2.05, 4.69) is 27.7 Å². The molecule has 0 aliphatic rings. The van der Waals surface area contributed by atoms with E-state index < -0.39 is 0 Å². The summed E-state index contributed by atoms with van der Waals surface area (Å²) < 4.78 is 0. The van der Waals surface area contributed by atoms with Crippen LogP contribution in [0.15, 0.2) is 0 Å². The average molecular weight is 145 g/mol. The monoisotopic (exact) mass is 145 g/mol. The van der Waals surface area contributed by atoms with Gasteiger partial charge in [0.05, 0.1) is 6.61 Å². The molecule has 2 atom stereocenters. The molecule has 0 bridgehead atoms. The molecule has 0 amide bonds. The first kappa shape index (κ1) is 9.92. The van der Waals surface area contributed by atoms with Gasteiger partial charge < -0.3 is 10.8 Å². The van der Waals surface area contributed by atoms with E-state index in [1.165, 1.54) is 0 Å². The third-order valence-corrected chi connectivity index (χ3v) is 2.22. The second-order valence-corrected chi connectivity index (χ2v) is 4.00. The standard InChI is InChI=1S/C8H19NO/c1-6(7(9)5-10)8(2,3)4/h6-7,10H,5,9H2,1-4H3. The lowest BCUT2D eigenvalue weighted by molar-refractivity contribution is 0.159. The van der Waals surface area contributed by atoms with E-state index in [0.717, 1.165) is 0 Å². The van der Waals surface area contributed by atoms with Gasteiger partial charge in [0.2, 0.25) is 0 Å². The zero-order valence-corrected chi connectivity index (χ0v) is 7.39. The van der Waals surface area contributed by atoms with Crippen LogP contribution in [-0.4, -0.2) is 17.8 Å². The Labute approximate surface area is 63.4 Å². The number of hydrogen-bond donors (Lipinski definition) is 2. The van der Waals surface area contributed by atoms with Crippen LogP contribution in [0, 0.1) is 11.3 Å². The molecule has 0 rings (SSSR count). The third-order valence-electron chi connectivity index (χ3n) is 2.22. The molecule has 2 nitrogen and oxygen atoms in total. The van der Waals surface area contributed by atoms with Crippen molar-refractivity contribution in [1.29, 1.82) is 0 Å². The summed E-state index contributed by atoms with van der Waals surface area (Å²) in [7, 11) is 0. The van der Waals surface area contributed by atoms with E-state index in [0.29, 0.717) is 5.92 Å². The van der Waals surface area contributed by atoms with Crippen molar-refractivity contribution in [3.05, 3.63) is 0 Å². The third kappa shape index (κ3) is 2.67. The molecule has 0 aromatic heterocycles. The summed E-state index contributed by atoms with van der Waals surface area (Å²) in [5.74, 6) is 0.359. The first-order chi connectivity index (χ1) is 4.39. The molecule has 3 N–H and O–H groups in total. The highest BCUT2D eigenvalue weighted by Crippen LogP contribution is 2.26. The first-order valence-corrected chi connectivity index (χ1v) is 3.76. The molecular formula is C8H19NO. The molecule has 0 fully saturated rings. The van der Waals surface area contributed by atoms with Gasteiger partial charge in [-0.05, 0) is 11.3 Å². The van der Waals surface area contributed by atoms with Crippen LogP contribution >= 0.6 is 0 Å². The van der Waals surface area contributed by atoms with E-state index in [9.17, 15) is 0 Å². The maximum absolute atomic E-state index is 8.74. The van der Waals surface area contributed by atoms with Crippen LogP contribution < -0.4 is 5.73 Å². The summed E-state index contributed by atoms with van der Waals surface area (Å²) >= 11 is 0. The molecule has 0 spiro atoms. The lowest BCUT2D eigenvalue weighted by atomic mass is 9.78. The smallest absolute Gasteiger partial charge is 0.0585 e. The van der Waals surface area contributed by atoms with Gasteiger partial charge in [-0.2, -0.15) is 0 Å². The van der Waals surface area contributed by atoms with Gasteiger partial charge in [-0.1, -0.05) is 27.7 Å². The van der Waals surface area contributed by atoms with Gasteiger partial charge in [0, 0.05) is 6.04 Å². The number of hydrogen-bond acceptors (Lipinski definition) is 2. The summed E-state index contributed by atoms with van der Waals surface area (Å²) in [5.41, 5.74) is 5.85. The van der Waals surface area contributed by atoms with Gasteiger partial charge in [-0.3, -0.25) is 0 Å². The van der Waals surface area contributed by atoms with Crippen LogP contribution in [0.4, 0.5) is 0 Å². The molecular weight excluding hydrogens is 126 g/mol. The molecule has 2 unspecified atom stereocenters. The zero-order valence-electron chi connectivity index (χ0n) is 7.39. The Bertz CT molecular complexity index is 95.9. The molecule has 0 aromatic rings. The second-order valence-electron chi connectivity index (χ2n) is 4.00. The fraction of sp³-hybridized carbons (Fsp3) is 1.00. The second kappa shape index (κ2) is 3.35. The Hall–Kier alpha value is -0.0800. The predicted molar refractivity (Wildman–Crippen MR) is 43.7 cm³/mol. The normalized spacial score (nSPS) is 18.6. The Morgan fingerprint density at radius 1 is 1.40 bits per heavy atom. The van der Waals surface area contributed by atoms with Gasteiger partial charge in [0.15, 0.2) is 0 Å². The maximum Gasteiger partial charge on any atom is 0.0585 e. The van der Waals surface area contributed by atoms with Crippen molar-refractivity contribution in [2.24, 2.45) is 17.1 Å². The molecule has 62 valence electrons. The highest BCUT2D eigenvalue weighted by atomic mass is 16.3. The van der Waals surface area contributed by atoms with Crippen LogP contribution in [0.2, 0.25) is 0 Å². The van der Waals surface area contributed by atoms with E-state index in [-0.39, 0.29) is 18.1 Å². The summed E-state index contributed by atoms with van der Waals surface area (Å²) in [4.78, 5) is 0. The van der Waals surface area contributed by atoms with Crippen LogP contribution in [0.5, 0.6) is 0 Å². The Morgan fingerprint density at radius 3 is 1.90 bits per heavy atom. The number of aliphatic hydroxyl groups is 1. The minimum absolute atomic E-state index is 0.0818. The number of aliphatic hydroxyl groups excluding tert-OH is 1. The molecule has 0 aliphatic carbocycles. The van der Waals surface area contributed by atoms with Crippen LogP contribution in [0.1, 0.15) is 27.7 Å². The first-order valence-electron chi connectivity index (χ1n) is 3.76. The van der Waals surface area contributed by atoms with Crippen LogP contribution in [-0.2, 0) is 0 Å². The van der Waals surface area contributed by atoms with Crippen molar-refractivity contribution in [3.63, 3.8) is 0 Å². The van der Waals surface area contributed by atoms with E-state index in [4.69, 9.17) is 10.8 Å². The quantitative estimate of drug-likeness (QED) is 0.608. The van der Waals surface area contributed by atoms with Gasteiger partial charge >= 0.3 is 0 Å². The largest absolute Gasteiger partial charge is 0.395 e. The fourth-order valence-corrected chi connectivity index (χ4v) is 0.800. The topological polar surface area (TPSA) is 46.2 Å². The molecule has 0 heterocycles. The Balaban J connectivity index is 3.94. The molecule has 0 radical (unpaired) electrons. The van der Waals surface area contributed by atoms with Gasteiger partial charge in [0.25, 0.3) is 0 Å². The number of rotatable bonds is 2. The molecule has 0 saturated heterocycles. The zero-order chi connectivity index (χ0) is 8.36. The number of nitrogens with two attached hydrogens (primary N) is 1. The molecule has 0 saturated carbocycles. The highest BCUT2D eigenvalue weighted by Gasteiger charge is 2.24. The van der Waals surface area contributed by atoms with E-state index in [1.54, 1.807) is 0 Å².